The molecule has 0 aromatic rings. The van der Waals surface area contributed by atoms with Gasteiger partial charge in [-0.05, 0) is 117 Å². The average Bonchev–Trinajstić information content (AvgIpc) is 2.96. The number of hydrogen-bond acceptors (Lipinski definition) is 6. The van der Waals surface area contributed by atoms with E-state index in [0.717, 1.165) is 18.3 Å². The van der Waals surface area contributed by atoms with Gasteiger partial charge in [-0.15, -0.1) is 0 Å². The molecule has 0 heterocycles. The average molecular weight is 898 g/mol. The Kier molecular flexibility index (Phi) is 40.0. The van der Waals surface area contributed by atoms with E-state index in [1.165, 1.54) is 13.3 Å². The number of aliphatic hydroxyl groups excluding tert-OH is 1. The van der Waals surface area contributed by atoms with Gasteiger partial charge in [-0.25, -0.2) is 0 Å². The van der Waals surface area contributed by atoms with Gasteiger partial charge in [-0.1, -0.05) is 186 Å². The zero-order chi connectivity index (χ0) is 52.5. The van der Waals surface area contributed by atoms with Gasteiger partial charge in [0.15, 0.2) is 0 Å². The van der Waals surface area contributed by atoms with E-state index in [-0.39, 0.29) is 52.1 Å². The lowest BCUT2D eigenvalue weighted by atomic mass is 9.72. The van der Waals surface area contributed by atoms with E-state index < -0.39 is 6.10 Å². The molecular formula is C57H116O6. The smallest absolute Gasteiger partial charge is 0.135 e. The van der Waals surface area contributed by atoms with E-state index in [0.29, 0.717) is 64.1 Å². The summed E-state index contributed by atoms with van der Waals surface area (Å²) in [6.45, 7) is 65.9. The molecule has 0 amide bonds. The summed E-state index contributed by atoms with van der Waals surface area (Å²) in [7, 11) is 0. The third kappa shape index (κ3) is 37.1. The molecule has 63 heavy (non-hydrogen) atoms. The van der Waals surface area contributed by atoms with E-state index >= 15 is 0 Å². The first-order valence-electron chi connectivity index (χ1n) is 25.0. The normalized spacial score (nSPS) is 14.8. The maximum Gasteiger partial charge on any atom is 0.135 e. The van der Waals surface area contributed by atoms with Crippen LogP contribution in [0.4, 0.5) is 0 Å². The van der Waals surface area contributed by atoms with Gasteiger partial charge < -0.3 is 5.11 Å². The van der Waals surface area contributed by atoms with Crippen LogP contribution in [0, 0.1) is 99.1 Å². The van der Waals surface area contributed by atoms with E-state index in [1.54, 1.807) is 34.6 Å². The third-order valence-electron chi connectivity index (χ3n) is 12.1. The predicted octanol–water partition coefficient (Wildman–Crippen LogP) is 16.1. The topological polar surface area (TPSA) is 106 Å². The molecule has 0 aromatic carbocycles. The molecule has 1 N–H and O–H groups in total. The predicted molar refractivity (Wildman–Crippen MR) is 278 cm³/mol. The quantitative estimate of drug-likeness (QED) is 0.165. The molecule has 0 aliphatic carbocycles. The lowest BCUT2D eigenvalue weighted by Gasteiger charge is -2.33. The van der Waals surface area contributed by atoms with Crippen LogP contribution < -0.4 is 0 Å². The standard InChI is InChI=1S/3C10H20O.C10H22.C9H18O.C8H16O2/c2*1-7(2)9(8(3)11)10(4,5)6;1-7(2)6-10(8(3)4)9(5)11;1-7-9(8(2)3)10(4,5)6;1-6(2)9(7(3)4)8(5)10;1-5(2)8(6(3)9)7(4)10/h2*7,9H,1-6H3;7-8,10H,6H2,1-5H3;8-9H,7H2,1-6H3;6-7,9H,1-5H3;5-6,8-9H,1-4H3. The van der Waals surface area contributed by atoms with Gasteiger partial charge in [0.05, 0.1) is 6.10 Å². The maximum atomic E-state index is 11.2. The van der Waals surface area contributed by atoms with Crippen molar-refractivity contribution in [2.75, 3.05) is 0 Å². The summed E-state index contributed by atoms with van der Waals surface area (Å²) in [6, 6.07) is 0. The minimum atomic E-state index is -0.516. The van der Waals surface area contributed by atoms with Gasteiger partial charge in [0.2, 0.25) is 0 Å². The highest BCUT2D eigenvalue weighted by Gasteiger charge is 2.32. The van der Waals surface area contributed by atoms with Crippen LogP contribution in [0.3, 0.4) is 0 Å². The molecule has 0 aliphatic heterocycles. The van der Waals surface area contributed by atoms with Crippen LogP contribution in [-0.4, -0.2) is 40.1 Å². The molecule has 380 valence electrons. The van der Waals surface area contributed by atoms with Gasteiger partial charge in [0.1, 0.15) is 28.9 Å². The van der Waals surface area contributed by atoms with Crippen molar-refractivity contribution < 1.29 is 29.1 Å². The fourth-order valence-corrected chi connectivity index (χ4v) is 10.7. The Morgan fingerprint density at radius 1 is 0.381 bits per heavy atom. The molecule has 0 rings (SSSR count). The van der Waals surface area contributed by atoms with Crippen LogP contribution in [0.15, 0.2) is 0 Å². The molecule has 0 saturated heterocycles. The van der Waals surface area contributed by atoms with Gasteiger partial charge in [-0.2, -0.15) is 0 Å². The summed E-state index contributed by atoms with van der Waals surface area (Å²) >= 11 is 0. The SMILES string of the molecule is CC(=O)C(C(C)C)C(C)(C)C.CC(=O)C(C(C)C)C(C)(C)C.CC(=O)C(C(C)C)C(C)C.CC(=O)C(C(C)C)C(C)O.CC(=O)C(CC(C)C)C(C)C.CCC(C(C)C)C(C)(C)C. The third-order valence-corrected chi connectivity index (χ3v) is 12.1. The molecule has 0 fully saturated rings. The van der Waals surface area contributed by atoms with Crippen molar-refractivity contribution in [3.8, 4) is 0 Å². The molecular weight excluding hydrogens is 781 g/mol. The summed E-state index contributed by atoms with van der Waals surface area (Å²) in [5.74, 6) is 7.01. The molecule has 6 atom stereocenters. The van der Waals surface area contributed by atoms with Crippen molar-refractivity contribution in [2.45, 2.75) is 241 Å². The molecule has 0 radical (unpaired) electrons. The second-order valence-corrected chi connectivity index (χ2v) is 24.9. The van der Waals surface area contributed by atoms with E-state index in [4.69, 9.17) is 5.11 Å². The molecule has 0 spiro atoms. The number of ketones is 5. The van der Waals surface area contributed by atoms with Gasteiger partial charge in [0, 0.05) is 29.6 Å². The summed E-state index contributed by atoms with van der Waals surface area (Å²) in [5.41, 5.74) is 0.711. The van der Waals surface area contributed by atoms with Crippen molar-refractivity contribution >= 4 is 28.9 Å². The fourth-order valence-electron chi connectivity index (χ4n) is 10.7. The Bertz CT molecular complexity index is 1130. The van der Waals surface area contributed by atoms with Crippen molar-refractivity contribution in [2.24, 2.45) is 99.1 Å². The summed E-state index contributed by atoms with van der Waals surface area (Å²) in [4.78, 5) is 55.5. The number of Topliss-reactive ketones (excluding diaryl/α,β-unsaturated/α-hetero) is 5. The Hall–Kier alpha value is -1.69. The molecule has 0 saturated carbocycles. The fraction of sp³-hybridized carbons (Fsp3) is 0.912. The largest absolute Gasteiger partial charge is 0.393 e. The minimum absolute atomic E-state index is 0.0741. The number of hydrogen-bond donors (Lipinski definition) is 1. The Balaban J connectivity index is -0.000000155. The highest BCUT2D eigenvalue weighted by Crippen LogP contribution is 2.35. The molecule has 0 bridgehead atoms. The first-order valence-corrected chi connectivity index (χ1v) is 25.0. The van der Waals surface area contributed by atoms with Gasteiger partial charge >= 0.3 is 0 Å². The lowest BCUT2D eigenvalue weighted by Crippen LogP contribution is -2.31. The number of carbonyl (C=O) groups is 5. The number of aliphatic hydroxyl groups is 1. The number of carbonyl (C=O) groups excluding carboxylic acids is 5. The van der Waals surface area contributed by atoms with Crippen LogP contribution in [0.2, 0.25) is 0 Å². The Morgan fingerprint density at radius 2 is 0.667 bits per heavy atom. The Labute approximate surface area is 396 Å². The van der Waals surface area contributed by atoms with E-state index in [2.05, 4.69) is 166 Å². The molecule has 6 heteroatoms. The molecule has 6 nitrogen and oxygen atoms in total. The van der Waals surface area contributed by atoms with E-state index in [9.17, 15) is 24.0 Å². The van der Waals surface area contributed by atoms with Crippen LogP contribution in [0.5, 0.6) is 0 Å². The number of rotatable bonds is 16. The van der Waals surface area contributed by atoms with E-state index in [1.807, 2.05) is 13.8 Å². The Morgan fingerprint density at radius 3 is 0.683 bits per heavy atom. The van der Waals surface area contributed by atoms with Crippen molar-refractivity contribution in [1.29, 1.82) is 0 Å². The first kappa shape index (κ1) is 72.9. The van der Waals surface area contributed by atoms with Crippen LogP contribution in [0.1, 0.15) is 234 Å². The highest BCUT2D eigenvalue weighted by atomic mass is 16.3. The monoisotopic (exact) mass is 897 g/mol. The minimum Gasteiger partial charge on any atom is -0.393 e. The van der Waals surface area contributed by atoms with Crippen LogP contribution in [0.25, 0.3) is 0 Å². The second-order valence-electron chi connectivity index (χ2n) is 24.9. The molecule has 0 aromatic heterocycles. The van der Waals surface area contributed by atoms with Crippen molar-refractivity contribution in [3.63, 3.8) is 0 Å². The lowest BCUT2D eigenvalue weighted by molar-refractivity contribution is -0.126. The first-order chi connectivity index (χ1) is 27.8. The molecule has 0 aliphatic rings. The maximum absolute atomic E-state index is 11.2. The van der Waals surface area contributed by atoms with Crippen molar-refractivity contribution in [1.82, 2.24) is 0 Å². The highest BCUT2D eigenvalue weighted by molar-refractivity contribution is 5.80. The summed E-state index contributed by atoms with van der Waals surface area (Å²) in [6.07, 6.45) is 1.83. The summed E-state index contributed by atoms with van der Waals surface area (Å²) < 4.78 is 0. The second kappa shape index (κ2) is 34.6. The van der Waals surface area contributed by atoms with Crippen LogP contribution in [-0.2, 0) is 24.0 Å². The van der Waals surface area contributed by atoms with Crippen molar-refractivity contribution in [3.05, 3.63) is 0 Å². The summed E-state index contributed by atoms with van der Waals surface area (Å²) in [5, 5.41) is 9.13. The zero-order valence-corrected chi connectivity index (χ0v) is 48.6. The van der Waals surface area contributed by atoms with Gasteiger partial charge in [0.25, 0.3) is 0 Å². The molecule has 6 unspecified atom stereocenters. The van der Waals surface area contributed by atoms with Crippen LogP contribution >= 0.6 is 0 Å². The zero-order valence-electron chi connectivity index (χ0n) is 48.6. The van der Waals surface area contributed by atoms with Gasteiger partial charge in [-0.3, -0.25) is 24.0 Å².